The van der Waals surface area contributed by atoms with Crippen LogP contribution < -0.4 is 5.32 Å². The molecule has 0 rings (SSSR count). The van der Waals surface area contributed by atoms with Gasteiger partial charge in [0.25, 0.3) is 0 Å². The predicted molar refractivity (Wildman–Crippen MR) is 66.0 cm³/mol. The highest BCUT2D eigenvalue weighted by Crippen LogP contribution is 2.02. The van der Waals surface area contributed by atoms with Gasteiger partial charge in [-0.05, 0) is 56.7 Å². The van der Waals surface area contributed by atoms with E-state index in [9.17, 15) is 0 Å². The molecule has 1 unspecified atom stereocenters. The van der Waals surface area contributed by atoms with E-state index in [-0.39, 0.29) is 0 Å². The molecule has 0 aromatic rings. The SMILES string of the molecule is CSCCCCNCCCC(C)CO. The summed E-state index contributed by atoms with van der Waals surface area (Å²) in [6.07, 6.45) is 7.08. The van der Waals surface area contributed by atoms with Crippen molar-refractivity contribution in [1.82, 2.24) is 5.32 Å². The summed E-state index contributed by atoms with van der Waals surface area (Å²) in [5.74, 6) is 1.75. The lowest BCUT2D eigenvalue weighted by molar-refractivity contribution is 0.228. The third kappa shape index (κ3) is 10.4. The molecule has 0 heterocycles. The first kappa shape index (κ1) is 14.3. The van der Waals surface area contributed by atoms with E-state index in [0.717, 1.165) is 19.5 Å². The van der Waals surface area contributed by atoms with Crippen LogP contribution in [0, 0.1) is 5.92 Å². The first-order chi connectivity index (χ1) is 6.81. The van der Waals surface area contributed by atoms with E-state index < -0.39 is 0 Å². The number of unbranched alkanes of at least 4 members (excludes halogenated alkanes) is 1. The summed E-state index contributed by atoms with van der Waals surface area (Å²) in [5, 5.41) is 12.2. The number of hydrogen-bond donors (Lipinski definition) is 2. The number of aliphatic hydroxyl groups is 1. The van der Waals surface area contributed by atoms with E-state index in [1.807, 2.05) is 11.8 Å². The molecule has 2 nitrogen and oxygen atoms in total. The monoisotopic (exact) mass is 219 g/mol. The minimum Gasteiger partial charge on any atom is -0.396 e. The van der Waals surface area contributed by atoms with E-state index in [1.165, 1.54) is 25.0 Å². The second kappa shape index (κ2) is 11.3. The van der Waals surface area contributed by atoms with Gasteiger partial charge in [-0.1, -0.05) is 6.92 Å². The maximum atomic E-state index is 8.81. The Morgan fingerprint density at radius 2 is 1.93 bits per heavy atom. The molecule has 0 saturated carbocycles. The number of hydrogen-bond acceptors (Lipinski definition) is 3. The number of thioether (sulfide) groups is 1. The highest BCUT2D eigenvalue weighted by Gasteiger charge is 1.98. The molecule has 3 heteroatoms. The van der Waals surface area contributed by atoms with Crippen LogP contribution in [0.4, 0.5) is 0 Å². The molecule has 0 saturated heterocycles. The predicted octanol–water partition coefficient (Wildman–Crippen LogP) is 2.13. The van der Waals surface area contributed by atoms with Crippen molar-refractivity contribution >= 4 is 11.8 Å². The van der Waals surface area contributed by atoms with Crippen LogP contribution in [0.25, 0.3) is 0 Å². The summed E-state index contributed by atoms with van der Waals surface area (Å²) in [6, 6.07) is 0. The summed E-state index contributed by atoms with van der Waals surface area (Å²) in [7, 11) is 0. The summed E-state index contributed by atoms with van der Waals surface area (Å²) in [4.78, 5) is 0. The van der Waals surface area contributed by atoms with E-state index in [4.69, 9.17) is 5.11 Å². The Kier molecular flexibility index (Phi) is 11.6. The van der Waals surface area contributed by atoms with Gasteiger partial charge in [-0.15, -0.1) is 0 Å². The Bertz CT molecular complexity index is 111. The molecule has 0 spiro atoms. The van der Waals surface area contributed by atoms with Gasteiger partial charge < -0.3 is 10.4 Å². The van der Waals surface area contributed by atoms with Crippen molar-refractivity contribution in [3.8, 4) is 0 Å². The first-order valence-electron chi connectivity index (χ1n) is 5.61. The van der Waals surface area contributed by atoms with Gasteiger partial charge in [0.05, 0.1) is 0 Å². The quantitative estimate of drug-likeness (QED) is 0.552. The molecule has 0 aromatic carbocycles. The number of aliphatic hydroxyl groups excluding tert-OH is 1. The largest absolute Gasteiger partial charge is 0.396 e. The molecule has 0 bridgehead atoms. The van der Waals surface area contributed by atoms with Crippen LogP contribution in [0.2, 0.25) is 0 Å². The Hall–Kier alpha value is 0.270. The number of rotatable bonds is 10. The van der Waals surface area contributed by atoms with Gasteiger partial charge in [-0.25, -0.2) is 0 Å². The fourth-order valence-electron chi connectivity index (χ4n) is 1.29. The lowest BCUT2D eigenvalue weighted by Gasteiger charge is -2.08. The van der Waals surface area contributed by atoms with Gasteiger partial charge in [-0.2, -0.15) is 11.8 Å². The van der Waals surface area contributed by atoms with Crippen LogP contribution in [0.5, 0.6) is 0 Å². The fraction of sp³-hybridized carbons (Fsp3) is 1.00. The van der Waals surface area contributed by atoms with Crippen molar-refractivity contribution in [2.45, 2.75) is 32.6 Å². The van der Waals surface area contributed by atoms with Gasteiger partial charge in [0.1, 0.15) is 0 Å². The van der Waals surface area contributed by atoms with E-state index >= 15 is 0 Å². The van der Waals surface area contributed by atoms with Crippen molar-refractivity contribution in [2.24, 2.45) is 5.92 Å². The molecule has 0 aliphatic heterocycles. The summed E-state index contributed by atoms with van der Waals surface area (Å²) < 4.78 is 0. The number of nitrogens with one attached hydrogen (secondary N) is 1. The Balaban J connectivity index is 2.92. The average Bonchev–Trinajstić information content (AvgIpc) is 2.21. The third-order valence-electron chi connectivity index (χ3n) is 2.31. The standard InChI is InChI=1S/C11H25NOS/c1-11(10-13)6-5-8-12-7-3-4-9-14-2/h11-13H,3-10H2,1-2H3. The van der Waals surface area contributed by atoms with Gasteiger partial charge in [0.15, 0.2) is 0 Å². The zero-order valence-corrected chi connectivity index (χ0v) is 10.4. The van der Waals surface area contributed by atoms with Crippen molar-refractivity contribution in [1.29, 1.82) is 0 Å². The molecular weight excluding hydrogens is 194 g/mol. The summed E-state index contributed by atoms with van der Waals surface area (Å²) >= 11 is 1.92. The molecule has 0 amide bonds. The van der Waals surface area contributed by atoms with E-state index in [0.29, 0.717) is 12.5 Å². The van der Waals surface area contributed by atoms with Crippen molar-refractivity contribution in [3.05, 3.63) is 0 Å². The molecule has 0 fully saturated rings. The average molecular weight is 219 g/mol. The molecular formula is C11H25NOS. The van der Waals surface area contributed by atoms with Crippen molar-refractivity contribution in [3.63, 3.8) is 0 Å². The molecule has 2 N–H and O–H groups in total. The first-order valence-corrected chi connectivity index (χ1v) is 7.01. The molecule has 0 aliphatic rings. The van der Waals surface area contributed by atoms with Gasteiger partial charge in [0, 0.05) is 6.61 Å². The van der Waals surface area contributed by atoms with Crippen LogP contribution in [-0.4, -0.2) is 36.8 Å². The second-order valence-electron chi connectivity index (χ2n) is 3.88. The van der Waals surface area contributed by atoms with Crippen LogP contribution in [0.1, 0.15) is 32.6 Å². The Labute approximate surface area is 92.9 Å². The highest BCUT2D eigenvalue weighted by molar-refractivity contribution is 7.98. The molecule has 1 atom stereocenters. The topological polar surface area (TPSA) is 32.3 Å². The Morgan fingerprint density at radius 1 is 1.21 bits per heavy atom. The van der Waals surface area contributed by atoms with Gasteiger partial charge in [-0.3, -0.25) is 0 Å². The third-order valence-corrected chi connectivity index (χ3v) is 3.01. The van der Waals surface area contributed by atoms with Crippen LogP contribution in [-0.2, 0) is 0 Å². The molecule has 0 radical (unpaired) electrons. The van der Waals surface area contributed by atoms with Gasteiger partial charge >= 0.3 is 0 Å². The van der Waals surface area contributed by atoms with E-state index in [2.05, 4.69) is 18.5 Å². The maximum Gasteiger partial charge on any atom is 0.0456 e. The van der Waals surface area contributed by atoms with Crippen LogP contribution >= 0.6 is 11.8 Å². The minimum atomic E-state index is 0.327. The van der Waals surface area contributed by atoms with Crippen LogP contribution in [0.15, 0.2) is 0 Å². The Morgan fingerprint density at radius 3 is 2.57 bits per heavy atom. The highest BCUT2D eigenvalue weighted by atomic mass is 32.2. The van der Waals surface area contributed by atoms with Gasteiger partial charge in [0.2, 0.25) is 0 Å². The smallest absolute Gasteiger partial charge is 0.0456 e. The van der Waals surface area contributed by atoms with Crippen LogP contribution in [0.3, 0.4) is 0 Å². The van der Waals surface area contributed by atoms with Crippen molar-refractivity contribution < 1.29 is 5.11 Å². The molecule has 0 aliphatic carbocycles. The summed E-state index contributed by atoms with van der Waals surface area (Å²) in [6.45, 7) is 4.67. The normalized spacial score (nSPS) is 13.1. The van der Waals surface area contributed by atoms with Crippen molar-refractivity contribution in [2.75, 3.05) is 31.7 Å². The summed E-state index contributed by atoms with van der Waals surface area (Å²) in [5.41, 5.74) is 0. The zero-order valence-electron chi connectivity index (χ0n) is 9.59. The molecule has 86 valence electrons. The lowest BCUT2D eigenvalue weighted by Crippen LogP contribution is -2.17. The minimum absolute atomic E-state index is 0.327. The molecule has 0 aromatic heterocycles. The molecule has 14 heavy (non-hydrogen) atoms. The fourth-order valence-corrected chi connectivity index (χ4v) is 1.78. The lowest BCUT2D eigenvalue weighted by atomic mass is 10.1. The second-order valence-corrected chi connectivity index (χ2v) is 4.87. The maximum absolute atomic E-state index is 8.81. The van der Waals surface area contributed by atoms with E-state index in [1.54, 1.807) is 0 Å². The zero-order chi connectivity index (χ0) is 10.6.